The molecule has 0 aromatic rings. The van der Waals surface area contributed by atoms with Gasteiger partial charge >= 0.3 is 6.09 Å². The van der Waals surface area contributed by atoms with Crippen molar-refractivity contribution in [1.82, 2.24) is 5.32 Å². The minimum absolute atomic E-state index is 0.108. The first-order chi connectivity index (χ1) is 6.26. The highest BCUT2D eigenvalue weighted by Crippen LogP contribution is 2.06. The predicted octanol–water partition coefficient (Wildman–Crippen LogP) is 0.219. The van der Waals surface area contributed by atoms with Crippen LogP contribution in [-0.2, 0) is 4.74 Å². The van der Waals surface area contributed by atoms with Gasteiger partial charge in [0.2, 0.25) is 0 Å². The highest BCUT2D eigenvalue weighted by atomic mass is 16.6. The van der Waals surface area contributed by atoms with Gasteiger partial charge in [0.05, 0.1) is 12.1 Å². The lowest BCUT2D eigenvalue weighted by atomic mass is 10.2. The molecule has 0 bridgehead atoms. The summed E-state index contributed by atoms with van der Waals surface area (Å²) < 4.78 is 5.00. The predicted molar refractivity (Wildman–Crippen MR) is 53.9 cm³/mol. The summed E-state index contributed by atoms with van der Waals surface area (Å²) in [6, 6.07) is -0.408. The Morgan fingerprint density at radius 1 is 1.57 bits per heavy atom. The van der Waals surface area contributed by atoms with Gasteiger partial charge in [-0.2, -0.15) is 0 Å². The summed E-state index contributed by atoms with van der Waals surface area (Å²) in [4.78, 5) is 11.2. The van der Waals surface area contributed by atoms with Crippen LogP contribution in [0, 0.1) is 0 Å². The second-order valence-electron chi connectivity index (χ2n) is 4.24. The van der Waals surface area contributed by atoms with Gasteiger partial charge in [-0.1, -0.05) is 0 Å². The number of nitrogens with two attached hydrogens (primary N) is 1. The third kappa shape index (κ3) is 5.77. The molecule has 0 aliphatic rings. The summed E-state index contributed by atoms with van der Waals surface area (Å²) in [6.45, 7) is 7.10. The molecule has 2 atom stereocenters. The van der Waals surface area contributed by atoms with E-state index in [9.17, 15) is 9.90 Å². The number of hydrogen-bond acceptors (Lipinski definition) is 4. The average molecular weight is 204 g/mol. The standard InChI is InChI=1S/C9H20N2O3/c1-6(7(12)5-10)11-8(13)14-9(2,3)4/h6-7,12H,5,10H2,1-4H3,(H,11,13)/t6-,7+/m1/s1. The number of alkyl carbamates (subject to hydrolysis) is 1. The summed E-state index contributed by atoms with van der Waals surface area (Å²) in [5, 5.41) is 11.8. The molecule has 1 amide bonds. The SMILES string of the molecule is C[C@@H](NC(=O)OC(C)(C)C)[C@@H](O)CN. The monoisotopic (exact) mass is 204 g/mol. The average Bonchev–Trinajstić information content (AvgIpc) is 1.99. The molecule has 0 aliphatic heterocycles. The number of rotatable bonds is 3. The molecule has 0 radical (unpaired) electrons. The van der Waals surface area contributed by atoms with E-state index in [-0.39, 0.29) is 6.54 Å². The van der Waals surface area contributed by atoms with Crippen molar-refractivity contribution in [3.05, 3.63) is 0 Å². The minimum Gasteiger partial charge on any atom is -0.444 e. The third-order valence-electron chi connectivity index (χ3n) is 1.56. The molecule has 0 unspecified atom stereocenters. The fraction of sp³-hybridized carbons (Fsp3) is 0.889. The third-order valence-corrected chi connectivity index (χ3v) is 1.56. The van der Waals surface area contributed by atoms with Crippen LogP contribution < -0.4 is 11.1 Å². The molecule has 0 aliphatic carbocycles. The van der Waals surface area contributed by atoms with Gasteiger partial charge in [-0.25, -0.2) is 4.79 Å². The summed E-state index contributed by atoms with van der Waals surface area (Å²) in [6.07, 6.45) is -1.29. The van der Waals surface area contributed by atoms with Crippen LogP contribution in [0.15, 0.2) is 0 Å². The van der Waals surface area contributed by atoms with Gasteiger partial charge < -0.3 is 20.9 Å². The summed E-state index contributed by atoms with van der Waals surface area (Å²) >= 11 is 0. The molecule has 0 fully saturated rings. The van der Waals surface area contributed by atoms with Crippen LogP contribution in [0.5, 0.6) is 0 Å². The van der Waals surface area contributed by atoms with Crippen LogP contribution in [0.1, 0.15) is 27.7 Å². The summed E-state index contributed by atoms with van der Waals surface area (Å²) in [5.74, 6) is 0. The number of hydrogen-bond donors (Lipinski definition) is 3. The fourth-order valence-corrected chi connectivity index (χ4v) is 0.794. The number of carbonyl (C=O) groups is 1. The van der Waals surface area contributed by atoms with E-state index in [4.69, 9.17) is 10.5 Å². The van der Waals surface area contributed by atoms with Crippen LogP contribution >= 0.6 is 0 Å². The van der Waals surface area contributed by atoms with Crippen LogP contribution in [0.4, 0.5) is 4.79 Å². The van der Waals surface area contributed by atoms with Crippen molar-refractivity contribution in [3.63, 3.8) is 0 Å². The lowest BCUT2D eigenvalue weighted by molar-refractivity contribution is 0.0443. The largest absolute Gasteiger partial charge is 0.444 e. The second kappa shape index (κ2) is 5.17. The van der Waals surface area contributed by atoms with Crippen molar-refractivity contribution in [1.29, 1.82) is 0 Å². The molecule has 0 saturated heterocycles. The quantitative estimate of drug-likeness (QED) is 0.614. The van der Waals surface area contributed by atoms with E-state index in [1.807, 2.05) is 0 Å². The smallest absolute Gasteiger partial charge is 0.407 e. The van der Waals surface area contributed by atoms with Gasteiger partial charge in [-0.3, -0.25) is 0 Å². The van der Waals surface area contributed by atoms with Gasteiger partial charge in [0, 0.05) is 6.54 Å². The van der Waals surface area contributed by atoms with Gasteiger partial charge in [0.1, 0.15) is 5.60 Å². The van der Waals surface area contributed by atoms with Crippen LogP contribution in [0.3, 0.4) is 0 Å². The number of aliphatic hydroxyl groups is 1. The van der Waals surface area contributed by atoms with Crippen molar-refractivity contribution in [2.24, 2.45) is 5.73 Å². The zero-order valence-corrected chi connectivity index (χ0v) is 9.20. The van der Waals surface area contributed by atoms with Crippen molar-refractivity contribution < 1.29 is 14.6 Å². The second-order valence-corrected chi connectivity index (χ2v) is 4.24. The molecular weight excluding hydrogens is 184 g/mol. The molecule has 0 aromatic heterocycles. The molecule has 0 saturated carbocycles. The molecule has 4 N–H and O–H groups in total. The number of carbonyl (C=O) groups excluding carboxylic acids is 1. The maximum absolute atomic E-state index is 11.2. The Morgan fingerprint density at radius 3 is 2.43 bits per heavy atom. The molecule has 5 nitrogen and oxygen atoms in total. The van der Waals surface area contributed by atoms with Gasteiger partial charge in [-0.15, -0.1) is 0 Å². The van der Waals surface area contributed by atoms with E-state index in [0.29, 0.717) is 0 Å². The van der Waals surface area contributed by atoms with E-state index >= 15 is 0 Å². The lowest BCUT2D eigenvalue weighted by Gasteiger charge is -2.23. The molecular formula is C9H20N2O3. The topological polar surface area (TPSA) is 84.6 Å². The maximum atomic E-state index is 11.2. The first kappa shape index (κ1) is 13.2. The normalized spacial score (nSPS) is 15.9. The van der Waals surface area contributed by atoms with E-state index in [1.165, 1.54) is 0 Å². The number of nitrogens with one attached hydrogen (secondary N) is 1. The van der Waals surface area contributed by atoms with Crippen LogP contribution in [0.2, 0.25) is 0 Å². The van der Waals surface area contributed by atoms with Gasteiger partial charge in [0.15, 0.2) is 0 Å². The molecule has 0 spiro atoms. The summed E-state index contributed by atoms with van der Waals surface area (Å²) in [5.41, 5.74) is 4.70. The fourth-order valence-electron chi connectivity index (χ4n) is 0.794. The molecule has 0 aromatic carbocycles. The Hall–Kier alpha value is -0.810. The maximum Gasteiger partial charge on any atom is 0.407 e. The number of ether oxygens (including phenoxy) is 1. The highest BCUT2D eigenvalue weighted by molar-refractivity contribution is 5.68. The van der Waals surface area contributed by atoms with E-state index in [0.717, 1.165) is 0 Å². The first-order valence-corrected chi connectivity index (χ1v) is 4.64. The zero-order chi connectivity index (χ0) is 11.4. The van der Waals surface area contributed by atoms with Crippen molar-refractivity contribution in [3.8, 4) is 0 Å². The van der Waals surface area contributed by atoms with Crippen LogP contribution in [0.25, 0.3) is 0 Å². The van der Waals surface area contributed by atoms with Crippen molar-refractivity contribution >= 4 is 6.09 Å². The van der Waals surface area contributed by atoms with E-state index in [1.54, 1.807) is 27.7 Å². The Kier molecular flexibility index (Phi) is 4.87. The van der Waals surface area contributed by atoms with E-state index in [2.05, 4.69) is 5.32 Å². The number of amides is 1. The zero-order valence-electron chi connectivity index (χ0n) is 9.20. The highest BCUT2D eigenvalue weighted by Gasteiger charge is 2.20. The van der Waals surface area contributed by atoms with Crippen molar-refractivity contribution in [2.45, 2.75) is 45.4 Å². The van der Waals surface area contributed by atoms with E-state index < -0.39 is 23.8 Å². The Balaban J connectivity index is 3.95. The molecule has 5 heteroatoms. The van der Waals surface area contributed by atoms with Crippen molar-refractivity contribution in [2.75, 3.05) is 6.54 Å². The van der Waals surface area contributed by atoms with Crippen LogP contribution in [-0.4, -0.2) is 35.5 Å². The van der Waals surface area contributed by atoms with Gasteiger partial charge in [0.25, 0.3) is 0 Å². The molecule has 0 rings (SSSR count). The Morgan fingerprint density at radius 2 is 2.07 bits per heavy atom. The Bertz CT molecular complexity index is 189. The molecule has 0 heterocycles. The van der Waals surface area contributed by atoms with Gasteiger partial charge in [-0.05, 0) is 27.7 Å². The minimum atomic E-state index is -0.748. The number of aliphatic hydroxyl groups excluding tert-OH is 1. The first-order valence-electron chi connectivity index (χ1n) is 4.64. The molecule has 84 valence electrons. The molecule has 14 heavy (non-hydrogen) atoms. The summed E-state index contributed by atoms with van der Waals surface area (Å²) in [7, 11) is 0. The lowest BCUT2D eigenvalue weighted by Crippen LogP contribution is -2.46. The Labute approximate surface area is 84.6 Å².